The van der Waals surface area contributed by atoms with Gasteiger partial charge in [-0.2, -0.15) is 8.42 Å². The predicted molar refractivity (Wildman–Crippen MR) is 113 cm³/mol. The van der Waals surface area contributed by atoms with Crippen molar-refractivity contribution in [2.45, 2.75) is 76.9 Å². The summed E-state index contributed by atoms with van der Waals surface area (Å²) in [7, 11) is -2.73. The van der Waals surface area contributed by atoms with E-state index >= 15 is 0 Å². The van der Waals surface area contributed by atoms with E-state index in [1.54, 1.807) is 12.1 Å². The van der Waals surface area contributed by atoms with Crippen molar-refractivity contribution in [3.8, 4) is 0 Å². The number of carbonyl (C=O) groups is 1. The summed E-state index contributed by atoms with van der Waals surface area (Å²) in [6.45, 7) is 10.1. The lowest BCUT2D eigenvalue weighted by Crippen LogP contribution is -2.43. The highest BCUT2D eigenvalue weighted by molar-refractivity contribution is 7.86. The first-order chi connectivity index (χ1) is 13.9. The minimum Gasteiger partial charge on any atom is -0.466 e. The van der Waals surface area contributed by atoms with Crippen LogP contribution >= 0.6 is 0 Å². The molecule has 0 aliphatic heterocycles. The molecular weight excluding hydrogens is 404 g/mol. The summed E-state index contributed by atoms with van der Waals surface area (Å²) in [5, 5.41) is 0. The van der Waals surface area contributed by atoms with E-state index in [2.05, 4.69) is 6.92 Å². The van der Waals surface area contributed by atoms with Crippen LogP contribution in [-0.2, 0) is 28.6 Å². The maximum absolute atomic E-state index is 12.9. The van der Waals surface area contributed by atoms with Crippen molar-refractivity contribution >= 4 is 16.1 Å². The van der Waals surface area contributed by atoms with Crippen LogP contribution in [-0.4, -0.2) is 33.2 Å². The summed E-state index contributed by atoms with van der Waals surface area (Å²) >= 11 is 0. The summed E-state index contributed by atoms with van der Waals surface area (Å²) in [5.41, 5.74) is 0.704. The van der Waals surface area contributed by atoms with Gasteiger partial charge < -0.3 is 13.7 Å². The predicted octanol–water partition coefficient (Wildman–Crippen LogP) is 4.52. The topological polar surface area (TPSA) is 78.9 Å². The Hall–Kier alpha value is -1.86. The first-order valence-electron chi connectivity index (χ1n) is 10.4. The van der Waals surface area contributed by atoms with E-state index in [1.165, 1.54) is 19.2 Å². The molecule has 0 aromatic heterocycles. The van der Waals surface area contributed by atoms with Gasteiger partial charge in [0.2, 0.25) is 0 Å². The first kappa shape index (κ1) is 22.8. The van der Waals surface area contributed by atoms with Gasteiger partial charge in [0.05, 0.1) is 24.4 Å². The minimum absolute atomic E-state index is 0.0163. The molecule has 2 aliphatic rings. The van der Waals surface area contributed by atoms with Gasteiger partial charge in [-0.1, -0.05) is 24.6 Å². The van der Waals surface area contributed by atoms with E-state index < -0.39 is 16.1 Å². The summed E-state index contributed by atoms with van der Waals surface area (Å²) in [4.78, 5) is 12.8. The quantitative estimate of drug-likeness (QED) is 0.499. The highest BCUT2D eigenvalue weighted by Gasteiger charge is 2.54. The summed E-state index contributed by atoms with van der Waals surface area (Å²) < 4.78 is 42.6. The Morgan fingerprint density at radius 2 is 1.77 bits per heavy atom. The van der Waals surface area contributed by atoms with Crippen molar-refractivity contribution in [2.24, 2.45) is 11.3 Å². The fourth-order valence-electron chi connectivity index (χ4n) is 4.68. The van der Waals surface area contributed by atoms with Gasteiger partial charge in [-0.05, 0) is 59.1 Å². The van der Waals surface area contributed by atoms with Gasteiger partial charge in [0.1, 0.15) is 10.7 Å². The van der Waals surface area contributed by atoms with Crippen LogP contribution in [0.15, 0.2) is 40.5 Å². The van der Waals surface area contributed by atoms with Crippen LogP contribution in [0.2, 0.25) is 0 Å². The number of hydrogen-bond acceptors (Lipinski definition) is 6. The molecule has 0 amide bonds. The average molecular weight is 437 g/mol. The van der Waals surface area contributed by atoms with E-state index in [0.29, 0.717) is 18.4 Å². The van der Waals surface area contributed by atoms with Gasteiger partial charge in [0, 0.05) is 17.8 Å². The molecule has 0 heterocycles. The number of methoxy groups -OCH3 is 1. The lowest BCUT2D eigenvalue weighted by atomic mass is 9.67. The van der Waals surface area contributed by atoms with Gasteiger partial charge in [-0.25, -0.2) is 4.79 Å². The van der Waals surface area contributed by atoms with Crippen molar-refractivity contribution in [3.05, 3.63) is 41.2 Å². The number of benzene rings is 1. The van der Waals surface area contributed by atoms with E-state index in [-0.39, 0.29) is 33.7 Å². The fourth-order valence-corrected chi connectivity index (χ4v) is 5.69. The highest BCUT2D eigenvalue weighted by atomic mass is 32.2. The van der Waals surface area contributed by atoms with Gasteiger partial charge in [-0.15, -0.1) is 0 Å². The zero-order valence-corrected chi connectivity index (χ0v) is 19.5. The third-order valence-corrected chi connectivity index (χ3v) is 7.48. The molecule has 166 valence electrons. The molecule has 1 saturated carbocycles. The molecule has 0 spiro atoms. The Morgan fingerprint density at radius 1 is 1.13 bits per heavy atom. The van der Waals surface area contributed by atoms with Gasteiger partial charge >= 0.3 is 16.1 Å². The molecule has 3 rings (SSSR count). The molecule has 6 nitrogen and oxygen atoms in total. The average Bonchev–Trinajstić information content (AvgIpc) is 2.96. The minimum atomic E-state index is -4.04. The van der Waals surface area contributed by atoms with Crippen LogP contribution in [0.25, 0.3) is 0 Å². The number of allylic oxidation sites excluding steroid dienone is 1. The van der Waals surface area contributed by atoms with Crippen LogP contribution in [0, 0.1) is 18.3 Å². The third-order valence-electron chi connectivity index (χ3n) is 6.21. The van der Waals surface area contributed by atoms with Crippen molar-refractivity contribution < 1.29 is 26.9 Å². The lowest BCUT2D eigenvalue weighted by Gasteiger charge is -2.43. The summed E-state index contributed by atoms with van der Waals surface area (Å²) in [6.07, 6.45) is 2.53. The zero-order valence-electron chi connectivity index (χ0n) is 18.7. The fraction of sp³-hybridized carbons (Fsp3) is 0.609. The normalized spacial score (nSPS) is 27.0. The maximum atomic E-state index is 12.9. The Bertz CT molecular complexity index is 939. The van der Waals surface area contributed by atoms with Crippen molar-refractivity contribution in [3.63, 3.8) is 0 Å². The van der Waals surface area contributed by atoms with Crippen LogP contribution in [0.5, 0.6) is 0 Å². The van der Waals surface area contributed by atoms with E-state index in [0.717, 1.165) is 18.4 Å². The second kappa shape index (κ2) is 8.00. The lowest BCUT2D eigenvalue weighted by molar-refractivity contribution is -0.139. The van der Waals surface area contributed by atoms with Crippen LogP contribution < -0.4 is 0 Å². The van der Waals surface area contributed by atoms with Gasteiger partial charge in [0.25, 0.3) is 0 Å². The molecule has 0 radical (unpaired) electrons. The number of fused-ring (bicyclic) bond motifs is 1. The monoisotopic (exact) mass is 436 g/mol. The van der Waals surface area contributed by atoms with E-state index in [9.17, 15) is 13.2 Å². The number of carbonyl (C=O) groups excluding carboxylic acids is 1. The largest absolute Gasteiger partial charge is 0.466 e. The molecule has 1 fully saturated rings. The molecule has 2 aliphatic carbocycles. The Kier molecular flexibility index (Phi) is 6.09. The number of ether oxygens (including phenoxy) is 2. The molecule has 3 atom stereocenters. The summed E-state index contributed by atoms with van der Waals surface area (Å²) in [5.74, 6) is -0.507. The standard InChI is InChI=1S/C23H32O6S/c1-15-7-9-16(10-8-15)30(25,26)29-18-13-14-23(5)17(20(18)21(24)27-6)11-12-19(23)28-22(2,3)4/h7-10,17,19H,11-14H2,1-6H3/t17-,19-,23-/m0/s1. The van der Waals surface area contributed by atoms with Crippen molar-refractivity contribution in [1.82, 2.24) is 0 Å². The zero-order chi connectivity index (χ0) is 22.3. The first-order valence-corrected chi connectivity index (χ1v) is 11.8. The Morgan fingerprint density at radius 3 is 2.33 bits per heavy atom. The van der Waals surface area contributed by atoms with Crippen molar-refractivity contribution in [2.75, 3.05) is 7.11 Å². The third kappa shape index (κ3) is 4.42. The van der Waals surface area contributed by atoms with Gasteiger partial charge in [0.15, 0.2) is 0 Å². The van der Waals surface area contributed by atoms with Crippen LogP contribution in [0.4, 0.5) is 0 Å². The van der Waals surface area contributed by atoms with Gasteiger partial charge in [-0.3, -0.25) is 0 Å². The second-order valence-corrected chi connectivity index (χ2v) is 11.1. The molecule has 1 aromatic carbocycles. The number of hydrogen-bond donors (Lipinski definition) is 0. The molecule has 1 aromatic rings. The van der Waals surface area contributed by atoms with Crippen LogP contribution in [0.1, 0.15) is 58.9 Å². The molecule has 0 unspecified atom stereocenters. The molecular formula is C23H32O6S. The van der Waals surface area contributed by atoms with E-state index in [1.807, 2.05) is 27.7 Å². The molecule has 0 N–H and O–H groups in total. The van der Waals surface area contributed by atoms with E-state index in [4.69, 9.17) is 13.7 Å². The molecule has 30 heavy (non-hydrogen) atoms. The van der Waals surface area contributed by atoms with Crippen molar-refractivity contribution in [1.29, 1.82) is 0 Å². The number of aryl methyl sites for hydroxylation is 1. The Balaban J connectivity index is 1.97. The van der Waals surface area contributed by atoms with Crippen LogP contribution in [0.3, 0.4) is 0 Å². The number of rotatable bonds is 5. The smallest absolute Gasteiger partial charge is 0.338 e. The highest BCUT2D eigenvalue weighted by Crippen LogP contribution is 2.56. The summed E-state index contributed by atoms with van der Waals surface area (Å²) in [6, 6.07) is 6.46. The molecule has 7 heteroatoms. The maximum Gasteiger partial charge on any atom is 0.338 e. The molecule has 0 saturated heterocycles. The molecule has 0 bridgehead atoms. The Labute approximate surface area is 179 Å². The number of esters is 1. The second-order valence-electron chi connectivity index (χ2n) is 9.53. The SMILES string of the molecule is COC(=O)C1=C(OS(=O)(=O)c2ccc(C)cc2)CC[C@]2(C)[C@@H](OC(C)(C)C)CC[C@@H]12.